The summed E-state index contributed by atoms with van der Waals surface area (Å²) in [5.41, 5.74) is 0.0832. The summed E-state index contributed by atoms with van der Waals surface area (Å²) in [6.45, 7) is 5.24. The maximum Gasteiger partial charge on any atom is 0.257 e. The molecule has 0 saturated carbocycles. The summed E-state index contributed by atoms with van der Waals surface area (Å²) < 4.78 is 33.0. The third-order valence-corrected chi connectivity index (χ3v) is 3.26. The summed E-state index contributed by atoms with van der Waals surface area (Å²) in [7, 11) is 0. The van der Waals surface area contributed by atoms with Gasteiger partial charge in [0.25, 0.3) is 5.91 Å². The van der Waals surface area contributed by atoms with Gasteiger partial charge in [-0.15, -0.1) is 0 Å². The van der Waals surface area contributed by atoms with Crippen molar-refractivity contribution in [1.82, 2.24) is 4.90 Å². The van der Waals surface area contributed by atoms with Gasteiger partial charge in [0.15, 0.2) is 11.6 Å². The van der Waals surface area contributed by atoms with Crippen LogP contribution in [-0.4, -0.2) is 37.1 Å². The predicted molar refractivity (Wildman–Crippen MR) is 67.2 cm³/mol. The molecule has 0 spiro atoms. The fourth-order valence-corrected chi connectivity index (χ4v) is 2.11. The molecule has 1 heterocycles. The smallest absolute Gasteiger partial charge is 0.257 e. The minimum atomic E-state index is -1.05. The average molecular weight is 269 g/mol. The van der Waals surface area contributed by atoms with Crippen molar-refractivity contribution >= 4 is 5.91 Å². The van der Waals surface area contributed by atoms with Gasteiger partial charge in [-0.25, -0.2) is 8.78 Å². The summed E-state index contributed by atoms with van der Waals surface area (Å²) in [5.74, 6) is -2.58. The van der Waals surface area contributed by atoms with E-state index in [0.717, 1.165) is 0 Å². The van der Waals surface area contributed by atoms with E-state index in [1.807, 2.05) is 0 Å². The molecule has 2 rings (SSSR count). The Morgan fingerprint density at radius 1 is 1.21 bits per heavy atom. The SMILES string of the molecule is CC(C)c1ccc(C(=O)N2CCOCC2)c(F)c1F. The minimum Gasteiger partial charge on any atom is -0.378 e. The zero-order valence-electron chi connectivity index (χ0n) is 11.1. The monoisotopic (exact) mass is 269 g/mol. The van der Waals surface area contributed by atoms with E-state index in [4.69, 9.17) is 4.74 Å². The quantitative estimate of drug-likeness (QED) is 0.825. The summed E-state index contributed by atoms with van der Waals surface area (Å²) in [4.78, 5) is 13.6. The summed E-state index contributed by atoms with van der Waals surface area (Å²) in [6.07, 6.45) is 0. The molecular weight excluding hydrogens is 252 g/mol. The number of amides is 1. The zero-order valence-corrected chi connectivity index (χ0v) is 11.1. The first-order valence-corrected chi connectivity index (χ1v) is 6.37. The normalized spacial score (nSPS) is 15.9. The molecule has 0 radical (unpaired) electrons. The van der Waals surface area contributed by atoms with Crippen LogP contribution in [0.5, 0.6) is 0 Å². The number of nitrogens with zero attached hydrogens (tertiary/aromatic N) is 1. The Hall–Kier alpha value is -1.49. The molecule has 0 unspecified atom stereocenters. The molecule has 19 heavy (non-hydrogen) atoms. The zero-order chi connectivity index (χ0) is 14.0. The third-order valence-electron chi connectivity index (χ3n) is 3.26. The Bertz CT molecular complexity index is 483. The van der Waals surface area contributed by atoms with Crippen LogP contribution in [0.3, 0.4) is 0 Å². The van der Waals surface area contributed by atoms with Gasteiger partial charge in [0.2, 0.25) is 0 Å². The van der Waals surface area contributed by atoms with Crippen LogP contribution in [0.4, 0.5) is 8.78 Å². The van der Waals surface area contributed by atoms with E-state index in [1.165, 1.54) is 17.0 Å². The summed E-state index contributed by atoms with van der Waals surface area (Å²) in [6, 6.07) is 2.85. The van der Waals surface area contributed by atoms with Crippen molar-refractivity contribution in [2.45, 2.75) is 19.8 Å². The van der Waals surface area contributed by atoms with Crippen molar-refractivity contribution < 1.29 is 18.3 Å². The van der Waals surface area contributed by atoms with E-state index in [1.54, 1.807) is 13.8 Å². The molecule has 0 bridgehead atoms. The Kier molecular flexibility index (Phi) is 4.14. The molecule has 1 aromatic carbocycles. The number of rotatable bonds is 2. The second-order valence-electron chi connectivity index (χ2n) is 4.89. The summed E-state index contributed by atoms with van der Waals surface area (Å²) >= 11 is 0. The Labute approximate surface area is 111 Å². The number of carbonyl (C=O) groups excluding carboxylic acids is 1. The maximum absolute atomic E-state index is 14.0. The van der Waals surface area contributed by atoms with Crippen LogP contribution in [0.2, 0.25) is 0 Å². The van der Waals surface area contributed by atoms with Gasteiger partial charge in [0.1, 0.15) is 0 Å². The van der Waals surface area contributed by atoms with Crippen LogP contribution in [0.25, 0.3) is 0 Å². The van der Waals surface area contributed by atoms with Crippen LogP contribution < -0.4 is 0 Å². The van der Waals surface area contributed by atoms with Crippen LogP contribution >= 0.6 is 0 Å². The number of morpholine rings is 1. The number of carbonyl (C=O) groups is 1. The highest BCUT2D eigenvalue weighted by Gasteiger charge is 2.24. The van der Waals surface area contributed by atoms with Crippen molar-refractivity contribution in [3.05, 3.63) is 34.9 Å². The highest BCUT2D eigenvalue weighted by atomic mass is 19.2. The topological polar surface area (TPSA) is 29.5 Å². The molecular formula is C14H17F2NO2. The van der Waals surface area contributed by atoms with Crippen molar-refractivity contribution in [1.29, 1.82) is 0 Å². The first-order valence-electron chi connectivity index (χ1n) is 6.37. The highest BCUT2D eigenvalue weighted by molar-refractivity contribution is 5.94. The first kappa shape index (κ1) is 13.9. The molecule has 0 N–H and O–H groups in total. The van der Waals surface area contributed by atoms with Gasteiger partial charge in [-0.1, -0.05) is 19.9 Å². The number of ether oxygens (including phenoxy) is 1. The van der Waals surface area contributed by atoms with Gasteiger partial charge in [0.05, 0.1) is 18.8 Å². The van der Waals surface area contributed by atoms with Gasteiger partial charge in [0, 0.05) is 13.1 Å². The number of hydrogen-bond donors (Lipinski definition) is 0. The van der Waals surface area contributed by atoms with E-state index in [2.05, 4.69) is 0 Å². The largest absolute Gasteiger partial charge is 0.378 e. The summed E-state index contributed by atoms with van der Waals surface area (Å²) in [5, 5.41) is 0. The average Bonchev–Trinajstić information content (AvgIpc) is 2.41. The van der Waals surface area contributed by atoms with E-state index in [9.17, 15) is 13.6 Å². The number of halogens is 2. The molecule has 0 atom stereocenters. The van der Waals surface area contributed by atoms with Crippen LogP contribution in [0.1, 0.15) is 35.7 Å². The molecule has 1 fully saturated rings. The molecule has 1 aliphatic heterocycles. The standard InChI is InChI=1S/C14H17F2NO2/c1-9(2)10-3-4-11(13(16)12(10)15)14(18)17-5-7-19-8-6-17/h3-4,9H,5-8H2,1-2H3. The Morgan fingerprint density at radius 3 is 2.42 bits per heavy atom. The van der Waals surface area contributed by atoms with Crippen LogP contribution in [0.15, 0.2) is 12.1 Å². The fourth-order valence-electron chi connectivity index (χ4n) is 2.11. The lowest BCUT2D eigenvalue weighted by Crippen LogP contribution is -2.41. The first-order chi connectivity index (χ1) is 9.02. The predicted octanol–water partition coefficient (Wildman–Crippen LogP) is 2.56. The van der Waals surface area contributed by atoms with E-state index in [-0.39, 0.29) is 17.0 Å². The molecule has 104 valence electrons. The number of hydrogen-bond acceptors (Lipinski definition) is 2. The molecule has 0 aromatic heterocycles. The Balaban J connectivity index is 2.30. The van der Waals surface area contributed by atoms with E-state index in [0.29, 0.717) is 26.3 Å². The van der Waals surface area contributed by atoms with Crippen LogP contribution in [0, 0.1) is 11.6 Å². The fraction of sp³-hybridized carbons (Fsp3) is 0.500. The maximum atomic E-state index is 14.0. The van der Waals surface area contributed by atoms with Crippen molar-refractivity contribution in [2.24, 2.45) is 0 Å². The van der Waals surface area contributed by atoms with Gasteiger partial charge in [-0.3, -0.25) is 4.79 Å². The third kappa shape index (κ3) is 2.76. The molecule has 3 nitrogen and oxygen atoms in total. The lowest BCUT2D eigenvalue weighted by molar-refractivity contribution is 0.0299. The lowest BCUT2D eigenvalue weighted by Gasteiger charge is -2.27. The molecule has 5 heteroatoms. The van der Waals surface area contributed by atoms with Crippen molar-refractivity contribution in [3.63, 3.8) is 0 Å². The second-order valence-corrected chi connectivity index (χ2v) is 4.89. The Morgan fingerprint density at radius 2 is 1.84 bits per heavy atom. The van der Waals surface area contributed by atoms with Gasteiger partial charge in [-0.2, -0.15) is 0 Å². The van der Waals surface area contributed by atoms with Crippen molar-refractivity contribution in [3.8, 4) is 0 Å². The lowest BCUT2D eigenvalue weighted by atomic mass is 10.00. The molecule has 0 aliphatic carbocycles. The van der Waals surface area contributed by atoms with E-state index >= 15 is 0 Å². The highest BCUT2D eigenvalue weighted by Crippen LogP contribution is 2.24. The van der Waals surface area contributed by atoms with Crippen molar-refractivity contribution in [2.75, 3.05) is 26.3 Å². The molecule has 1 amide bonds. The van der Waals surface area contributed by atoms with Gasteiger partial charge >= 0.3 is 0 Å². The molecule has 1 saturated heterocycles. The van der Waals surface area contributed by atoms with E-state index < -0.39 is 17.5 Å². The van der Waals surface area contributed by atoms with Gasteiger partial charge in [-0.05, 0) is 17.5 Å². The minimum absolute atomic E-state index is 0.123. The molecule has 1 aromatic rings. The molecule has 1 aliphatic rings. The number of benzene rings is 1. The second kappa shape index (κ2) is 5.65. The van der Waals surface area contributed by atoms with Gasteiger partial charge < -0.3 is 9.64 Å². The van der Waals surface area contributed by atoms with Crippen LogP contribution in [-0.2, 0) is 4.74 Å².